The number of hydrogen-bond donors (Lipinski definition) is 0. The number of rotatable bonds is 18. The van der Waals surface area contributed by atoms with Gasteiger partial charge in [-0.05, 0) is 12.8 Å². The van der Waals surface area contributed by atoms with E-state index in [-0.39, 0.29) is 0 Å². The van der Waals surface area contributed by atoms with Crippen LogP contribution < -0.4 is 0 Å². The Morgan fingerprint density at radius 1 is 0.444 bits per heavy atom. The molecule has 0 rings (SSSR count). The summed E-state index contributed by atoms with van der Waals surface area (Å²) in [5, 5.41) is 0. The fourth-order valence-corrected chi connectivity index (χ4v) is 2.74. The molecule has 0 heterocycles. The molecule has 0 atom stereocenters. The third-order valence-corrected chi connectivity index (χ3v) is 4.33. The van der Waals surface area contributed by atoms with E-state index in [0.29, 0.717) is 0 Å². The molecule has 0 amide bonds. The molecule has 0 aliphatic heterocycles. The van der Waals surface area contributed by atoms with E-state index in [1.807, 2.05) is 42.5 Å². The normalized spacial score (nSPS) is 12.9. The molecule has 0 aliphatic carbocycles. The maximum Gasteiger partial charge on any atom is -0.0348 e. The molecular formula is C27H41. The van der Waals surface area contributed by atoms with Gasteiger partial charge in [-0.2, -0.15) is 0 Å². The van der Waals surface area contributed by atoms with E-state index >= 15 is 0 Å². The van der Waals surface area contributed by atoms with Gasteiger partial charge in [-0.3, -0.25) is 0 Å². The van der Waals surface area contributed by atoms with Crippen molar-refractivity contribution in [2.24, 2.45) is 0 Å². The van der Waals surface area contributed by atoms with Gasteiger partial charge in [-0.15, -0.1) is 0 Å². The lowest BCUT2D eigenvalue weighted by atomic mass is 10.1. The van der Waals surface area contributed by atoms with Crippen LogP contribution in [0.5, 0.6) is 0 Å². The number of hydrogen-bond acceptors (Lipinski definition) is 0. The highest BCUT2D eigenvalue weighted by Gasteiger charge is 1.92. The first-order chi connectivity index (χ1) is 13.4. The first-order valence-corrected chi connectivity index (χ1v) is 10.9. The molecular weight excluding hydrogens is 324 g/mol. The summed E-state index contributed by atoms with van der Waals surface area (Å²) in [7, 11) is 0. The van der Waals surface area contributed by atoms with E-state index in [2.05, 4.69) is 31.2 Å². The van der Waals surface area contributed by atoms with Crippen molar-refractivity contribution >= 4 is 0 Å². The quantitative estimate of drug-likeness (QED) is 0.168. The Morgan fingerprint density at radius 3 is 1.26 bits per heavy atom. The van der Waals surface area contributed by atoms with Crippen molar-refractivity contribution in [2.45, 2.75) is 84.0 Å². The van der Waals surface area contributed by atoms with Crippen LogP contribution in [0.2, 0.25) is 0 Å². The summed E-state index contributed by atoms with van der Waals surface area (Å²) in [6, 6.07) is 0. The van der Waals surface area contributed by atoms with Crippen molar-refractivity contribution < 1.29 is 0 Å². The largest absolute Gasteiger partial charge is 0.0845 e. The Labute approximate surface area is 169 Å². The van der Waals surface area contributed by atoms with Crippen molar-refractivity contribution in [3.63, 3.8) is 0 Å². The molecule has 149 valence electrons. The van der Waals surface area contributed by atoms with Gasteiger partial charge in [0.1, 0.15) is 0 Å². The molecule has 0 fully saturated rings. The smallest absolute Gasteiger partial charge is 0.0348 e. The summed E-state index contributed by atoms with van der Waals surface area (Å²) in [5.74, 6) is 0. The van der Waals surface area contributed by atoms with Gasteiger partial charge in [-0.1, -0.05) is 157 Å². The second-order valence-corrected chi connectivity index (χ2v) is 6.87. The lowest BCUT2D eigenvalue weighted by molar-refractivity contribution is 0.550. The summed E-state index contributed by atoms with van der Waals surface area (Å²) in [4.78, 5) is 0. The highest BCUT2D eigenvalue weighted by molar-refractivity contribution is 5.20. The molecule has 0 aromatic rings. The molecule has 0 aromatic carbocycles. The number of unbranched alkanes of at least 4 members (excludes halogenated alkanes) is 11. The molecule has 0 aromatic heterocycles. The van der Waals surface area contributed by atoms with Gasteiger partial charge in [0, 0.05) is 0 Å². The zero-order valence-electron chi connectivity index (χ0n) is 17.6. The van der Waals surface area contributed by atoms with Crippen molar-refractivity contribution in [1.82, 2.24) is 0 Å². The van der Waals surface area contributed by atoms with Crippen molar-refractivity contribution in [3.05, 3.63) is 85.6 Å². The summed E-state index contributed by atoms with van der Waals surface area (Å²) in [5.41, 5.74) is 0. The van der Waals surface area contributed by atoms with Crippen LogP contribution in [0.1, 0.15) is 84.0 Å². The van der Waals surface area contributed by atoms with Gasteiger partial charge in [0.25, 0.3) is 0 Å². The van der Waals surface area contributed by atoms with Crippen LogP contribution >= 0.6 is 0 Å². The molecule has 0 bridgehead atoms. The van der Waals surface area contributed by atoms with Gasteiger partial charge in [0.2, 0.25) is 0 Å². The molecule has 0 saturated carbocycles. The molecule has 0 nitrogen and oxygen atoms in total. The first-order valence-electron chi connectivity index (χ1n) is 10.9. The Bertz CT molecular complexity index is 468. The zero-order valence-corrected chi connectivity index (χ0v) is 17.6. The lowest BCUT2D eigenvalue weighted by Gasteiger charge is -2.01. The molecule has 1 radical (unpaired) electrons. The molecule has 0 spiro atoms. The predicted molar refractivity (Wildman–Crippen MR) is 125 cm³/mol. The fraction of sp³-hybridized carbons (Fsp3) is 0.481. The van der Waals surface area contributed by atoms with E-state index in [4.69, 9.17) is 6.58 Å². The molecule has 0 saturated heterocycles. The third kappa shape index (κ3) is 24.2. The van der Waals surface area contributed by atoms with E-state index in [1.54, 1.807) is 6.08 Å². The lowest BCUT2D eigenvalue weighted by Crippen LogP contribution is -1.81. The van der Waals surface area contributed by atoms with E-state index in [9.17, 15) is 0 Å². The van der Waals surface area contributed by atoms with Crippen molar-refractivity contribution in [1.29, 1.82) is 0 Å². The maximum absolute atomic E-state index is 5.23. The molecule has 0 unspecified atom stereocenters. The topological polar surface area (TPSA) is 0 Å². The van der Waals surface area contributed by atoms with Gasteiger partial charge < -0.3 is 0 Å². The molecule has 0 heteroatoms. The minimum absolute atomic E-state index is 1.20. The van der Waals surface area contributed by atoms with E-state index in [0.717, 1.165) is 0 Å². The molecule has 27 heavy (non-hydrogen) atoms. The van der Waals surface area contributed by atoms with Crippen LogP contribution in [0.3, 0.4) is 0 Å². The molecule has 0 aliphatic rings. The predicted octanol–water partition coefficient (Wildman–Crippen LogP) is 9.01. The van der Waals surface area contributed by atoms with Crippen LogP contribution in [-0.4, -0.2) is 0 Å². The van der Waals surface area contributed by atoms with Gasteiger partial charge in [0.15, 0.2) is 0 Å². The molecule has 0 N–H and O–H groups in total. The Hall–Kier alpha value is -1.82. The average molecular weight is 366 g/mol. The number of allylic oxidation sites excluding steroid dienone is 13. The standard InChI is InChI=1S/C27H41/c1-3-5-7-9-11-13-15-17-19-21-23-25-27-26-24-22-20-18-16-14-12-10-8-6-4-2/h1,3,5,7,9,11,13,15,17,19,21,23,25,27H,4,6,8,10,12,14,16,18,20,22,24,26H2,2H3/b3-1?,7-5+,11-9+,15-13+,19-17+,23-21+,27-25+. The van der Waals surface area contributed by atoms with E-state index < -0.39 is 0 Å². The third-order valence-electron chi connectivity index (χ3n) is 4.33. The monoisotopic (exact) mass is 365 g/mol. The highest BCUT2D eigenvalue weighted by atomic mass is 14.0. The van der Waals surface area contributed by atoms with Crippen LogP contribution in [0.4, 0.5) is 0 Å². The summed E-state index contributed by atoms with van der Waals surface area (Å²) < 4.78 is 0. The van der Waals surface area contributed by atoms with Gasteiger partial charge in [0.05, 0.1) is 0 Å². The minimum Gasteiger partial charge on any atom is -0.0845 e. The SMILES string of the molecule is [CH]=C/C=C/C=C/C=C/C=C/C=C/C=C/CCCCCCCCCCCCC. The Morgan fingerprint density at radius 2 is 0.815 bits per heavy atom. The summed E-state index contributed by atoms with van der Waals surface area (Å²) in [6.45, 7) is 7.52. The van der Waals surface area contributed by atoms with Crippen LogP contribution in [0, 0.1) is 6.58 Å². The second kappa shape index (κ2) is 24.2. The van der Waals surface area contributed by atoms with Crippen molar-refractivity contribution in [2.75, 3.05) is 0 Å². The van der Waals surface area contributed by atoms with Crippen molar-refractivity contribution in [3.8, 4) is 0 Å². The maximum atomic E-state index is 5.23. The first kappa shape index (κ1) is 25.2. The zero-order chi connectivity index (χ0) is 19.7. The summed E-state index contributed by atoms with van der Waals surface area (Å²) >= 11 is 0. The minimum atomic E-state index is 1.20. The highest BCUT2D eigenvalue weighted by Crippen LogP contribution is 2.11. The average Bonchev–Trinajstić information content (AvgIpc) is 2.68. The van der Waals surface area contributed by atoms with Gasteiger partial charge in [-0.25, -0.2) is 0 Å². The second-order valence-electron chi connectivity index (χ2n) is 6.87. The Balaban J connectivity index is 3.41. The van der Waals surface area contributed by atoms with Gasteiger partial charge >= 0.3 is 0 Å². The van der Waals surface area contributed by atoms with Crippen LogP contribution in [0.15, 0.2) is 79.0 Å². The summed E-state index contributed by atoms with van der Waals surface area (Å²) in [6.07, 6.45) is 42.5. The van der Waals surface area contributed by atoms with E-state index in [1.165, 1.54) is 83.1 Å². The fourth-order valence-electron chi connectivity index (χ4n) is 2.74. The van der Waals surface area contributed by atoms with Crippen LogP contribution in [0.25, 0.3) is 0 Å². The Kier molecular flexibility index (Phi) is 22.6. The van der Waals surface area contributed by atoms with Crippen LogP contribution in [-0.2, 0) is 0 Å².